The maximum Gasteiger partial charge on any atom is 0.139 e. The van der Waals surface area contributed by atoms with Gasteiger partial charge >= 0.3 is 0 Å². The second-order valence-corrected chi connectivity index (χ2v) is 5.60. The lowest BCUT2D eigenvalue weighted by molar-refractivity contribution is 0.446. The first-order valence-corrected chi connectivity index (χ1v) is 7.39. The molecule has 0 aliphatic rings. The minimum absolute atomic E-state index is 0.107. The molecule has 0 saturated carbocycles. The van der Waals surface area contributed by atoms with Crippen LogP contribution in [0.3, 0.4) is 0 Å². The van der Waals surface area contributed by atoms with E-state index in [4.69, 9.17) is 16.0 Å². The molecule has 1 atom stereocenters. The zero-order valence-electron chi connectivity index (χ0n) is 10.6. The number of fused-ring (bicyclic) bond motifs is 1. The molecule has 6 heteroatoms. The van der Waals surface area contributed by atoms with Gasteiger partial charge < -0.3 is 8.98 Å². The molecule has 0 aliphatic carbocycles. The molecule has 3 nitrogen and oxygen atoms in total. The molecule has 1 aromatic carbocycles. The smallest absolute Gasteiger partial charge is 0.139 e. The van der Waals surface area contributed by atoms with Gasteiger partial charge in [-0.15, -0.1) is 11.6 Å². The van der Waals surface area contributed by atoms with Gasteiger partial charge in [-0.1, -0.05) is 0 Å². The third-order valence-corrected chi connectivity index (χ3v) is 4.11. The largest absolute Gasteiger partial charge is 0.467 e. The van der Waals surface area contributed by atoms with Gasteiger partial charge in [-0.05, 0) is 41.1 Å². The molecule has 0 N–H and O–H groups in total. The number of imidazole rings is 1. The molecule has 2 heterocycles. The highest BCUT2D eigenvalue weighted by atomic mass is 79.9. The summed E-state index contributed by atoms with van der Waals surface area (Å²) < 4.78 is 21.5. The fraction of sp³-hybridized carbons (Fsp3) is 0.214. The van der Waals surface area contributed by atoms with Crippen LogP contribution in [0.2, 0.25) is 0 Å². The minimum atomic E-state index is -0.327. The third kappa shape index (κ3) is 2.15. The van der Waals surface area contributed by atoms with Crippen LogP contribution in [-0.4, -0.2) is 9.55 Å². The fourth-order valence-electron chi connectivity index (χ4n) is 2.32. The summed E-state index contributed by atoms with van der Waals surface area (Å²) in [5, 5.41) is 0. The highest BCUT2D eigenvalue weighted by molar-refractivity contribution is 9.10. The van der Waals surface area contributed by atoms with Crippen molar-refractivity contribution in [1.82, 2.24) is 9.55 Å². The van der Waals surface area contributed by atoms with E-state index in [1.165, 1.54) is 6.07 Å². The average Bonchev–Trinajstić information content (AvgIpc) is 3.06. The summed E-state index contributed by atoms with van der Waals surface area (Å²) in [6.45, 7) is 1.97. The van der Waals surface area contributed by atoms with Gasteiger partial charge in [0.15, 0.2) is 0 Å². The summed E-state index contributed by atoms with van der Waals surface area (Å²) in [5.74, 6) is 1.38. The Balaban J connectivity index is 2.25. The van der Waals surface area contributed by atoms with E-state index in [0.717, 1.165) is 5.76 Å². The topological polar surface area (TPSA) is 31.0 Å². The third-order valence-electron chi connectivity index (χ3n) is 3.27. The molecule has 20 heavy (non-hydrogen) atoms. The van der Waals surface area contributed by atoms with Crippen molar-refractivity contribution < 1.29 is 8.81 Å². The van der Waals surface area contributed by atoms with E-state index in [2.05, 4.69) is 20.9 Å². The predicted octanol–water partition coefficient (Wildman–Crippen LogP) is 4.88. The maximum absolute atomic E-state index is 13.8. The predicted molar refractivity (Wildman–Crippen MR) is 79.5 cm³/mol. The Morgan fingerprint density at radius 2 is 2.30 bits per heavy atom. The number of aromatic nitrogens is 2. The van der Waals surface area contributed by atoms with Gasteiger partial charge in [-0.2, -0.15) is 0 Å². The van der Waals surface area contributed by atoms with Crippen LogP contribution in [0.5, 0.6) is 0 Å². The van der Waals surface area contributed by atoms with E-state index in [0.29, 0.717) is 21.3 Å². The monoisotopic (exact) mass is 356 g/mol. The molecule has 0 bridgehead atoms. The lowest BCUT2D eigenvalue weighted by atomic mass is 10.2. The average molecular weight is 358 g/mol. The molecule has 2 aromatic heterocycles. The SMILES string of the molecule is CC(c1ccco1)n1c(CCl)nc2cc(Br)c(F)cc21. The van der Waals surface area contributed by atoms with E-state index in [1.807, 2.05) is 23.6 Å². The van der Waals surface area contributed by atoms with Gasteiger partial charge in [-0.3, -0.25) is 0 Å². The van der Waals surface area contributed by atoms with Crippen molar-refractivity contribution in [2.24, 2.45) is 0 Å². The van der Waals surface area contributed by atoms with Crippen LogP contribution in [0.1, 0.15) is 24.6 Å². The van der Waals surface area contributed by atoms with Gasteiger partial charge in [0, 0.05) is 6.07 Å². The van der Waals surface area contributed by atoms with Crippen LogP contribution in [-0.2, 0) is 5.88 Å². The molecule has 3 aromatic rings. The van der Waals surface area contributed by atoms with Gasteiger partial charge in [0.05, 0.1) is 33.7 Å². The molecule has 0 aliphatic heterocycles. The van der Waals surface area contributed by atoms with Crippen molar-refractivity contribution in [1.29, 1.82) is 0 Å². The number of halogens is 3. The Morgan fingerprint density at radius 3 is 2.95 bits per heavy atom. The number of rotatable bonds is 3. The van der Waals surface area contributed by atoms with Gasteiger partial charge in [0.1, 0.15) is 17.4 Å². The zero-order chi connectivity index (χ0) is 14.3. The first-order chi connectivity index (χ1) is 9.61. The molecule has 0 saturated heterocycles. The van der Waals surface area contributed by atoms with E-state index >= 15 is 0 Å². The number of benzene rings is 1. The minimum Gasteiger partial charge on any atom is -0.467 e. The number of furan rings is 1. The summed E-state index contributed by atoms with van der Waals surface area (Å²) >= 11 is 9.14. The molecular weight excluding hydrogens is 347 g/mol. The quantitative estimate of drug-likeness (QED) is 0.626. The standard InChI is InChI=1S/C14H11BrClFN2O/c1-8(13-3-2-4-20-13)19-12-6-10(17)9(15)5-11(12)18-14(19)7-16/h2-6,8H,7H2,1H3. The van der Waals surface area contributed by atoms with Crippen molar-refractivity contribution >= 4 is 38.6 Å². The van der Waals surface area contributed by atoms with Crippen LogP contribution in [0.25, 0.3) is 11.0 Å². The Morgan fingerprint density at radius 1 is 1.50 bits per heavy atom. The summed E-state index contributed by atoms with van der Waals surface area (Å²) in [4.78, 5) is 4.46. The number of hydrogen-bond acceptors (Lipinski definition) is 2. The Hall–Kier alpha value is -1.33. The molecule has 0 amide bonds. The molecular formula is C14H11BrClFN2O. The van der Waals surface area contributed by atoms with Crippen molar-refractivity contribution in [2.45, 2.75) is 18.8 Å². The molecule has 0 radical (unpaired) electrons. The molecule has 104 valence electrons. The van der Waals surface area contributed by atoms with Crippen LogP contribution < -0.4 is 0 Å². The molecule has 1 unspecified atom stereocenters. The number of hydrogen-bond donors (Lipinski definition) is 0. The van der Waals surface area contributed by atoms with E-state index in [1.54, 1.807) is 12.3 Å². The molecule has 3 rings (SSSR count). The first kappa shape index (κ1) is 13.6. The molecule has 0 spiro atoms. The highest BCUT2D eigenvalue weighted by Gasteiger charge is 2.19. The van der Waals surface area contributed by atoms with Gasteiger partial charge in [-0.25, -0.2) is 9.37 Å². The second kappa shape index (κ2) is 5.22. The lowest BCUT2D eigenvalue weighted by Gasteiger charge is -2.14. The summed E-state index contributed by atoms with van der Waals surface area (Å²) in [7, 11) is 0. The second-order valence-electron chi connectivity index (χ2n) is 4.48. The first-order valence-electron chi connectivity index (χ1n) is 6.07. The van der Waals surface area contributed by atoms with Gasteiger partial charge in [0.2, 0.25) is 0 Å². The zero-order valence-corrected chi connectivity index (χ0v) is 12.9. The highest BCUT2D eigenvalue weighted by Crippen LogP contribution is 2.30. The molecule has 0 fully saturated rings. The Bertz CT molecular complexity index is 754. The Labute approximate surface area is 128 Å². The lowest BCUT2D eigenvalue weighted by Crippen LogP contribution is -2.09. The van der Waals surface area contributed by atoms with Crippen molar-refractivity contribution in [3.05, 3.63) is 52.4 Å². The van der Waals surface area contributed by atoms with Crippen molar-refractivity contribution in [3.8, 4) is 0 Å². The Kier molecular flexibility index (Phi) is 3.56. The number of nitrogens with zero attached hydrogens (tertiary/aromatic N) is 2. The normalized spacial score (nSPS) is 13.0. The summed E-state index contributed by atoms with van der Waals surface area (Å²) in [6, 6.07) is 6.71. The van der Waals surface area contributed by atoms with Crippen LogP contribution in [0.4, 0.5) is 4.39 Å². The maximum atomic E-state index is 13.8. The van der Waals surface area contributed by atoms with Gasteiger partial charge in [0.25, 0.3) is 0 Å². The van der Waals surface area contributed by atoms with Crippen LogP contribution >= 0.6 is 27.5 Å². The summed E-state index contributed by atoms with van der Waals surface area (Å²) in [6.07, 6.45) is 1.61. The number of alkyl halides is 1. The fourth-order valence-corrected chi connectivity index (χ4v) is 2.84. The van der Waals surface area contributed by atoms with Crippen LogP contribution in [0.15, 0.2) is 39.4 Å². The van der Waals surface area contributed by atoms with E-state index in [-0.39, 0.29) is 17.7 Å². The van der Waals surface area contributed by atoms with E-state index in [9.17, 15) is 4.39 Å². The van der Waals surface area contributed by atoms with Crippen molar-refractivity contribution in [3.63, 3.8) is 0 Å². The van der Waals surface area contributed by atoms with Crippen LogP contribution in [0, 0.1) is 5.82 Å². The summed E-state index contributed by atoms with van der Waals surface area (Å²) in [5.41, 5.74) is 1.40. The van der Waals surface area contributed by atoms with E-state index < -0.39 is 0 Å². The van der Waals surface area contributed by atoms with Crippen molar-refractivity contribution in [2.75, 3.05) is 0 Å².